The number of nitrogens with zero attached hydrogens (tertiary/aromatic N) is 5. The molecular weight excluding hydrogens is 446 g/mol. The highest BCUT2D eigenvalue weighted by atomic mass is 32.2. The average Bonchev–Trinajstić information content (AvgIpc) is 3.32. The van der Waals surface area contributed by atoms with Gasteiger partial charge in [-0.2, -0.15) is 5.10 Å². The Morgan fingerprint density at radius 1 is 1.16 bits per heavy atom. The van der Waals surface area contributed by atoms with Crippen molar-refractivity contribution in [2.24, 2.45) is 0 Å². The third-order valence-corrected chi connectivity index (χ3v) is 7.95. The predicted molar refractivity (Wildman–Crippen MR) is 126 cm³/mol. The molecule has 1 atom stereocenters. The summed E-state index contributed by atoms with van der Waals surface area (Å²) in [4.78, 5) is 2.42. The van der Waals surface area contributed by atoms with Crippen LogP contribution in [0.25, 0.3) is 11.5 Å². The molecule has 1 saturated heterocycles. The van der Waals surface area contributed by atoms with Gasteiger partial charge >= 0.3 is 0 Å². The number of aryl methyl sites for hydroxylation is 3. The lowest BCUT2D eigenvalue weighted by Gasteiger charge is -2.17. The van der Waals surface area contributed by atoms with Crippen molar-refractivity contribution in [1.29, 1.82) is 0 Å². The molecule has 1 fully saturated rings. The Kier molecular flexibility index (Phi) is 6.12. The van der Waals surface area contributed by atoms with Crippen LogP contribution >= 0.6 is 12.2 Å². The molecule has 1 unspecified atom stereocenters. The first-order valence-electron chi connectivity index (χ1n) is 10.6. The number of hydrogen-bond donors (Lipinski definition) is 0. The van der Waals surface area contributed by atoms with Gasteiger partial charge in [0.2, 0.25) is 5.89 Å². The molecule has 1 aliphatic heterocycles. The smallest absolute Gasteiger partial charge is 0.288 e. The average molecular weight is 476 g/mol. The van der Waals surface area contributed by atoms with Crippen LogP contribution in [-0.2, 0) is 23.1 Å². The maximum Gasteiger partial charge on any atom is 0.288 e. The van der Waals surface area contributed by atoms with Gasteiger partial charge in [-0.05, 0) is 65.5 Å². The quantitative estimate of drug-likeness (QED) is 0.502. The molecule has 0 amide bonds. The van der Waals surface area contributed by atoms with E-state index in [9.17, 15) is 8.42 Å². The van der Waals surface area contributed by atoms with Crippen molar-refractivity contribution in [3.8, 4) is 11.5 Å². The minimum absolute atomic E-state index is 0.0812. The third-order valence-electron chi connectivity index (χ3n) is 5.91. The fraction of sp³-hybridized carbons (Fsp3) is 0.500. The Hall–Kier alpha value is -2.30. The maximum absolute atomic E-state index is 11.9. The van der Waals surface area contributed by atoms with Gasteiger partial charge < -0.3 is 4.42 Å². The van der Waals surface area contributed by atoms with Gasteiger partial charge in [0, 0.05) is 23.4 Å². The Balaban J connectivity index is 1.51. The number of sulfone groups is 1. The molecule has 2 aromatic heterocycles. The zero-order chi connectivity index (χ0) is 23.2. The van der Waals surface area contributed by atoms with Crippen LogP contribution in [0.4, 0.5) is 0 Å². The molecule has 0 aliphatic carbocycles. The van der Waals surface area contributed by atoms with Gasteiger partial charge in [0.1, 0.15) is 0 Å². The van der Waals surface area contributed by atoms with Crippen molar-refractivity contribution in [1.82, 2.24) is 24.5 Å². The SMILES string of the molecule is Cc1cc(C)cc(-c2nn(CN(C)Cc3c(C)nn(C4CCS(=O)(=O)C4)c3C)c(=S)o2)c1. The summed E-state index contributed by atoms with van der Waals surface area (Å²) in [7, 11) is -0.974. The Morgan fingerprint density at radius 3 is 2.47 bits per heavy atom. The topological polar surface area (TPSA) is 86.2 Å². The highest BCUT2D eigenvalue weighted by Crippen LogP contribution is 2.27. The van der Waals surface area contributed by atoms with Crippen molar-refractivity contribution >= 4 is 22.1 Å². The summed E-state index contributed by atoms with van der Waals surface area (Å²) >= 11 is 5.41. The van der Waals surface area contributed by atoms with Crippen LogP contribution in [-0.4, -0.2) is 51.4 Å². The first kappa shape index (κ1) is 22.9. The molecule has 0 N–H and O–H groups in total. The molecular formula is C22H29N5O3S2. The second-order valence-corrected chi connectivity index (χ2v) is 11.4. The normalized spacial score (nSPS) is 18.0. The van der Waals surface area contributed by atoms with Crippen molar-refractivity contribution in [3.63, 3.8) is 0 Å². The maximum atomic E-state index is 11.9. The van der Waals surface area contributed by atoms with E-state index in [2.05, 4.69) is 21.2 Å². The van der Waals surface area contributed by atoms with E-state index in [1.54, 1.807) is 4.68 Å². The number of benzene rings is 1. The van der Waals surface area contributed by atoms with Crippen molar-refractivity contribution in [2.45, 2.75) is 53.4 Å². The fourth-order valence-corrected chi connectivity index (χ4v) is 6.28. The van der Waals surface area contributed by atoms with Crippen molar-refractivity contribution < 1.29 is 12.8 Å². The van der Waals surface area contributed by atoms with Gasteiger partial charge in [0.15, 0.2) is 9.84 Å². The zero-order valence-corrected chi connectivity index (χ0v) is 20.8. The van der Waals surface area contributed by atoms with E-state index >= 15 is 0 Å². The Labute approximate surface area is 193 Å². The molecule has 4 rings (SSSR count). The zero-order valence-electron chi connectivity index (χ0n) is 19.1. The fourth-order valence-electron chi connectivity index (χ4n) is 4.41. The van der Waals surface area contributed by atoms with Gasteiger partial charge in [-0.3, -0.25) is 9.58 Å². The molecule has 3 heterocycles. The largest absolute Gasteiger partial charge is 0.409 e. The summed E-state index contributed by atoms with van der Waals surface area (Å²) in [6, 6.07) is 6.09. The third kappa shape index (κ3) is 4.72. The summed E-state index contributed by atoms with van der Waals surface area (Å²) in [5, 5.41) is 9.25. The van der Waals surface area contributed by atoms with Gasteiger partial charge in [-0.25, -0.2) is 13.1 Å². The number of rotatable bonds is 6. The van der Waals surface area contributed by atoms with Crippen molar-refractivity contribution in [2.75, 3.05) is 18.6 Å². The molecule has 8 nitrogen and oxygen atoms in total. The lowest BCUT2D eigenvalue weighted by Crippen LogP contribution is -2.23. The summed E-state index contributed by atoms with van der Waals surface area (Å²) in [6.45, 7) is 9.17. The van der Waals surface area contributed by atoms with Gasteiger partial charge in [0.25, 0.3) is 4.84 Å². The molecule has 0 bridgehead atoms. The number of hydrogen-bond acceptors (Lipinski definition) is 7. The van der Waals surface area contributed by atoms with E-state index in [-0.39, 0.29) is 17.5 Å². The predicted octanol–water partition coefficient (Wildman–Crippen LogP) is 3.75. The lowest BCUT2D eigenvalue weighted by atomic mass is 10.1. The molecule has 10 heteroatoms. The molecule has 1 aliphatic rings. The van der Waals surface area contributed by atoms with Crippen LogP contribution in [0.2, 0.25) is 0 Å². The molecule has 3 aromatic rings. The summed E-state index contributed by atoms with van der Waals surface area (Å²) in [5.41, 5.74) is 6.22. The summed E-state index contributed by atoms with van der Waals surface area (Å²) in [6.07, 6.45) is 0.620. The molecule has 1 aromatic carbocycles. The van der Waals surface area contributed by atoms with Crippen LogP contribution in [0.1, 0.15) is 40.5 Å². The minimum Gasteiger partial charge on any atom is -0.409 e. The van der Waals surface area contributed by atoms with Crippen LogP contribution in [0.15, 0.2) is 22.6 Å². The highest BCUT2D eigenvalue weighted by Gasteiger charge is 2.31. The first-order chi connectivity index (χ1) is 15.0. The Bertz CT molecular complexity index is 1300. The molecule has 0 saturated carbocycles. The lowest BCUT2D eigenvalue weighted by molar-refractivity contribution is 0.239. The summed E-state index contributed by atoms with van der Waals surface area (Å²) in [5.74, 6) is 0.913. The minimum atomic E-state index is -2.96. The van der Waals surface area contributed by atoms with Crippen molar-refractivity contribution in [3.05, 3.63) is 51.1 Å². The van der Waals surface area contributed by atoms with E-state index in [1.165, 1.54) is 0 Å². The second kappa shape index (κ2) is 8.57. The van der Waals surface area contributed by atoms with E-state index in [4.69, 9.17) is 16.6 Å². The summed E-state index contributed by atoms with van der Waals surface area (Å²) < 4.78 is 33.1. The standard InChI is InChI=1S/C22H29N5O3S2/c1-14-8-15(2)10-18(9-14)21-24-26(22(31)30-21)13-25(5)11-20-16(3)23-27(17(20)4)19-6-7-32(28,29)12-19/h8-10,19H,6-7,11-13H2,1-5H3. The molecule has 172 valence electrons. The van der Waals surface area contributed by atoms with Gasteiger partial charge in [-0.15, -0.1) is 5.10 Å². The van der Waals surface area contributed by atoms with Gasteiger partial charge in [0.05, 0.1) is 29.9 Å². The second-order valence-electron chi connectivity index (χ2n) is 8.86. The van der Waals surface area contributed by atoms with E-state index in [1.807, 2.05) is 51.6 Å². The molecule has 32 heavy (non-hydrogen) atoms. The monoisotopic (exact) mass is 475 g/mol. The first-order valence-corrected chi connectivity index (χ1v) is 12.9. The van der Waals surface area contributed by atoms with Gasteiger partial charge in [-0.1, -0.05) is 17.2 Å². The van der Waals surface area contributed by atoms with Crippen LogP contribution in [0.5, 0.6) is 0 Å². The van der Waals surface area contributed by atoms with E-state index in [0.717, 1.165) is 33.6 Å². The van der Waals surface area contributed by atoms with Crippen LogP contribution in [0.3, 0.4) is 0 Å². The molecule has 0 spiro atoms. The number of aromatic nitrogens is 4. The van der Waals surface area contributed by atoms with E-state index < -0.39 is 9.84 Å². The van der Waals surface area contributed by atoms with E-state index in [0.29, 0.717) is 30.4 Å². The highest BCUT2D eigenvalue weighted by molar-refractivity contribution is 7.91. The van der Waals surface area contributed by atoms with Crippen LogP contribution in [0, 0.1) is 32.5 Å². The molecule has 0 radical (unpaired) electrons. The van der Waals surface area contributed by atoms with Crippen LogP contribution < -0.4 is 0 Å². The Morgan fingerprint density at radius 2 is 1.84 bits per heavy atom.